The number of esters is 1. The van der Waals surface area contributed by atoms with Gasteiger partial charge in [0.05, 0.1) is 10.9 Å². The van der Waals surface area contributed by atoms with Crippen LogP contribution in [0.15, 0.2) is 71.5 Å². The molecule has 11 nitrogen and oxygen atoms in total. The van der Waals surface area contributed by atoms with E-state index in [2.05, 4.69) is 20.9 Å². The van der Waals surface area contributed by atoms with Gasteiger partial charge in [-0.2, -0.15) is 0 Å². The Balaban J connectivity index is 1.45. The number of ether oxygens (including phenoxy) is 1. The molecule has 1 aromatic heterocycles. The van der Waals surface area contributed by atoms with Gasteiger partial charge >= 0.3 is 12.0 Å². The third-order valence-electron chi connectivity index (χ3n) is 7.26. The summed E-state index contributed by atoms with van der Waals surface area (Å²) < 4.78 is 6.55. The van der Waals surface area contributed by atoms with E-state index in [1.807, 2.05) is 13.0 Å². The first-order valence-corrected chi connectivity index (χ1v) is 13.9. The summed E-state index contributed by atoms with van der Waals surface area (Å²) in [5, 5.41) is 8.26. The molecule has 3 N–H and O–H groups in total. The smallest absolute Gasteiger partial charge is 0.342 e. The van der Waals surface area contributed by atoms with Gasteiger partial charge in [-0.25, -0.2) is 14.6 Å². The minimum atomic E-state index is -2.14. The van der Waals surface area contributed by atoms with Crippen LogP contribution in [0, 0.1) is 13.8 Å². The third-order valence-corrected chi connectivity index (χ3v) is 7.66. The maximum absolute atomic E-state index is 14.0. The minimum Gasteiger partial charge on any atom is -0.459 e. The number of aromatic nitrogens is 2. The molecule has 1 unspecified atom stereocenters. The highest BCUT2D eigenvalue weighted by Crippen LogP contribution is 2.30. The quantitative estimate of drug-likeness (QED) is 0.165. The van der Waals surface area contributed by atoms with Crippen LogP contribution in [0.25, 0.3) is 10.9 Å². The summed E-state index contributed by atoms with van der Waals surface area (Å²) in [6.45, 7) is 3.29. The fourth-order valence-electron chi connectivity index (χ4n) is 4.97. The summed E-state index contributed by atoms with van der Waals surface area (Å²) in [6, 6.07) is 18.4. The molecular formula is C31H28ClN5O6. The number of nitrogens with one attached hydrogen (secondary N) is 3. The van der Waals surface area contributed by atoms with Gasteiger partial charge in [-0.05, 0) is 61.2 Å². The van der Waals surface area contributed by atoms with Crippen molar-refractivity contribution in [1.29, 1.82) is 0 Å². The lowest BCUT2D eigenvalue weighted by atomic mass is 9.87. The molecule has 0 spiro atoms. The van der Waals surface area contributed by atoms with Crippen LogP contribution in [-0.4, -0.2) is 33.4 Å². The number of amides is 4. The average Bonchev–Trinajstić information content (AvgIpc) is 2.98. The van der Waals surface area contributed by atoms with Crippen molar-refractivity contribution in [3.63, 3.8) is 0 Å². The molecule has 0 radical (unpaired) electrons. The summed E-state index contributed by atoms with van der Waals surface area (Å²) >= 11 is 6.13. The highest BCUT2D eigenvalue weighted by atomic mass is 35.5. The van der Waals surface area contributed by atoms with E-state index >= 15 is 0 Å². The Morgan fingerprint density at radius 3 is 2.51 bits per heavy atom. The van der Waals surface area contributed by atoms with E-state index in [4.69, 9.17) is 16.3 Å². The Morgan fingerprint density at radius 1 is 1.02 bits per heavy atom. The van der Waals surface area contributed by atoms with Gasteiger partial charge in [-0.1, -0.05) is 54.1 Å². The van der Waals surface area contributed by atoms with E-state index in [1.54, 1.807) is 60.7 Å². The van der Waals surface area contributed by atoms with Crippen LogP contribution in [0.5, 0.6) is 0 Å². The zero-order valence-corrected chi connectivity index (χ0v) is 24.2. The number of rotatable bonds is 7. The zero-order chi connectivity index (χ0) is 30.7. The van der Waals surface area contributed by atoms with Gasteiger partial charge in [0.2, 0.25) is 11.4 Å². The Kier molecular flexibility index (Phi) is 8.27. The molecule has 4 aromatic rings. The number of carbonyl (C=O) groups excluding carboxylic acids is 4. The molecule has 1 saturated heterocycles. The molecule has 12 heteroatoms. The highest BCUT2D eigenvalue weighted by molar-refractivity contribution is 6.31. The predicted molar refractivity (Wildman–Crippen MR) is 159 cm³/mol. The summed E-state index contributed by atoms with van der Waals surface area (Å²) in [5.41, 5.74) is 0.179. The van der Waals surface area contributed by atoms with Gasteiger partial charge in [-0.15, -0.1) is 0 Å². The van der Waals surface area contributed by atoms with Gasteiger partial charge < -0.3 is 15.4 Å². The lowest BCUT2D eigenvalue weighted by molar-refractivity contribution is -0.164. The van der Waals surface area contributed by atoms with Crippen molar-refractivity contribution in [2.24, 2.45) is 0 Å². The zero-order valence-electron chi connectivity index (χ0n) is 23.4. The van der Waals surface area contributed by atoms with E-state index < -0.39 is 34.9 Å². The Morgan fingerprint density at radius 2 is 1.79 bits per heavy atom. The van der Waals surface area contributed by atoms with Crippen LogP contribution in [0.1, 0.15) is 35.4 Å². The second-order valence-corrected chi connectivity index (χ2v) is 10.6. The van der Waals surface area contributed by atoms with Gasteiger partial charge in [0, 0.05) is 23.7 Å². The number of imide groups is 1. The monoisotopic (exact) mass is 601 g/mol. The number of benzene rings is 3. The summed E-state index contributed by atoms with van der Waals surface area (Å²) in [6.07, 6.45) is -0.453. The van der Waals surface area contributed by atoms with Crippen LogP contribution in [0.2, 0.25) is 5.02 Å². The molecule has 0 bridgehead atoms. The summed E-state index contributed by atoms with van der Waals surface area (Å²) in [5.74, 6) is -2.39. The Hall–Kier alpha value is -5.03. The molecular weight excluding hydrogens is 574 g/mol. The summed E-state index contributed by atoms with van der Waals surface area (Å²) in [7, 11) is 0. The van der Waals surface area contributed by atoms with Gasteiger partial charge in [0.1, 0.15) is 12.4 Å². The number of piperidine rings is 1. The molecule has 3 aromatic carbocycles. The molecule has 0 aliphatic carbocycles. The van der Waals surface area contributed by atoms with E-state index in [-0.39, 0.29) is 37.2 Å². The SMILES string of the molecule is Cc1ccc(NC(=O)NCc2ccc3nc(C)n(C4(C(=O)OCc5ccccc5)CCC(=O)NC4=O)c(=O)c3c2)cc1Cl. The van der Waals surface area contributed by atoms with Crippen molar-refractivity contribution >= 4 is 52.0 Å². The van der Waals surface area contributed by atoms with Crippen LogP contribution >= 0.6 is 11.6 Å². The van der Waals surface area contributed by atoms with Crippen molar-refractivity contribution < 1.29 is 23.9 Å². The van der Waals surface area contributed by atoms with Crippen molar-refractivity contribution in [2.75, 3.05) is 5.32 Å². The van der Waals surface area contributed by atoms with E-state index in [0.717, 1.165) is 10.1 Å². The molecule has 1 aliphatic heterocycles. The van der Waals surface area contributed by atoms with E-state index in [1.165, 1.54) is 6.92 Å². The largest absolute Gasteiger partial charge is 0.459 e. The number of hydrogen-bond acceptors (Lipinski definition) is 7. The minimum absolute atomic E-state index is 0.0634. The molecule has 4 amide bonds. The van der Waals surface area contributed by atoms with Gasteiger partial charge in [-0.3, -0.25) is 24.3 Å². The normalized spacial score (nSPS) is 16.4. The van der Waals surface area contributed by atoms with Crippen molar-refractivity contribution in [2.45, 2.75) is 45.4 Å². The van der Waals surface area contributed by atoms with Crippen LogP contribution < -0.4 is 21.5 Å². The van der Waals surface area contributed by atoms with Crippen LogP contribution in [0.4, 0.5) is 10.5 Å². The molecule has 1 fully saturated rings. The van der Waals surface area contributed by atoms with E-state index in [0.29, 0.717) is 27.4 Å². The Labute approximate surface area is 251 Å². The topological polar surface area (TPSA) is 148 Å². The number of aryl methyl sites for hydroxylation is 2. The second kappa shape index (κ2) is 12.1. The van der Waals surface area contributed by atoms with Crippen LogP contribution in [-0.2, 0) is 37.8 Å². The first kappa shape index (κ1) is 29.5. The third kappa shape index (κ3) is 5.98. The van der Waals surface area contributed by atoms with Gasteiger partial charge in [0.25, 0.3) is 11.5 Å². The fraction of sp³-hybridized carbons (Fsp3) is 0.226. The maximum atomic E-state index is 14.0. The predicted octanol–water partition coefficient (Wildman–Crippen LogP) is 3.86. The Bertz CT molecular complexity index is 1820. The standard InChI is InChI=1S/C31H28ClN5O6/c1-18-8-10-22(15-24(18)32)35-30(42)33-16-21-9-11-25-23(14-21)27(39)37(19(2)34-25)31(13-12-26(38)36-28(31)40)29(41)43-17-20-6-4-3-5-7-20/h3-11,14-15H,12-13,16-17H2,1-2H3,(H2,33,35,42)(H,36,38,40). The number of fused-ring (bicyclic) bond motifs is 1. The first-order valence-electron chi connectivity index (χ1n) is 13.5. The van der Waals surface area contributed by atoms with Gasteiger partial charge in [0.15, 0.2) is 0 Å². The van der Waals surface area contributed by atoms with Crippen LogP contribution in [0.3, 0.4) is 0 Å². The number of hydrogen-bond donors (Lipinski definition) is 3. The van der Waals surface area contributed by atoms with Crippen molar-refractivity contribution in [1.82, 2.24) is 20.2 Å². The lowest BCUT2D eigenvalue weighted by Crippen LogP contribution is -2.62. The number of halogens is 1. The molecule has 43 heavy (non-hydrogen) atoms. The average molecular weight is 602 g/mol. The fourth-order valence-corrected chi connectivity index (χ4v) is 5.15. The molecule has 0 saturated carbocycles. The molecule has 220 valence electrons. The number of carbonyl (C=O) groups is 4. The van der Waals surface area contributed by atoms with E-state index in [9.17, 15) is 24.0 Å². The molecule has 1 aliphatic rings. The molecule has 2 heterocycles. The number of nitrogens with zero attached hydrogens (tertiary/aromatic N) is 2. The maximum Gasteiger partial charge on any atom is 0.342 e. The molecule has 5 rings (SSSR count). The first-order chi connectivity index (χ1) is 20.6. The van der Waals surface area contributed by atoms with Crippen molar-refractivity contribution in [3.05, 3.63) is 105 Å². The number of urea groups is 1. The van der Waals surface area contributed by atoms with Crippen molar-refractivity contribution in [3.8, 4) is 0 Å². The lowest BCUT2D eigenvalue weighted by Gasteiger charge is -2.35. The molecule has 1 atom stereocenters. The second-order valence-electron chi connectivity index (χ2n) is 10.2. The highest BCUT2D eigenvalue weighted by Gasteiger charge is 2.54. The number of anilines is 1. The summed E-state index contributed by atoms with van der Waals surface area (Å²) in [4.78, 5) is 70.1.